The summed E-state index contributed by atoms with van der Waals surface area (Å²) in [6, 6.07) is 5.64. The molecule has 9 heteroatoms. The van der Waals surface area contributed by atoms with Crippen molar-refractivity contribution in [3.05, 3.63) is 29.3 Å². The number of nitrogens with one attached hydrogen (secondary N) is 1. The number of rotatable bonds is 5. The Balaban J connectivity index is 1.53. The average molecular weight is 530 g/mol. The number of halogens is 2. The molecule has 7 nitrogen and oxygen atoms in total. The maximum atomic E-state index is 12.6. The number of anilines is 1. The Morgan fingerprint density at radius 3 is 2.28 bits per heavy atom. The molecule has 1 aliphatic carbocycles. The molecule has 29 heavy (non-hydrogen) atoms. The molecular weight excluding hydrogens is 508 g/mol. The molecule has 0 aromatic heterocycles. The topological polar surface area (TPSA) is 92.8 Å². The number of carbonyl (C=O) groups is 4. The lowest BCUT2D eigenvalue weighted by Crippen LogP contribution is -2.37. The van der Waals surface area contributed by atoms with Crippen molar-refractivity contribution in [2.75, 3.05) is 18.5 Å². The van der Waals surface area contributed by atoms with Gasteiger partial charge in [-0.3, -0.25) is 24.1 Å². The highest BCUT2D eigenvalue weighted by atomic mass is 79.9. The highest BCUT2D eigenvalue weighted by Crippen LogP contribution is 2.43. The SMILES string of the molecule is Cc1ccc(C)c(NC(=O)COC(=O)CN2C(=O)[C@H]3C[C@@H](Br)[C@@H](Br)C[C@H]3C2=O)c1. The summed E-state index contributed by atoms with van der Waals surface area (Å²) >= 11 is 7.04. The van der Waals surface area contributed by atoms with Gasteiger partial charge >= 0.3 is 5.97 Å². The Kier molecular flexibility index (Phi) is 6.78. The predicted octanol–water partition coefficient (Wildman–Crippen LogP) is 2.71. The summed E-state index contributed by atoms with van der Waals surface area (Å²) in [5.41, 5.74) is 2.53. The third-order valence-electron chi connectivity index (χ3n) is 5.32. The first-order valence-corrected chi connectivity index (χ1v) is 11.2. The Morgan fingerprint density at radius 2 is 1.69 bits per heavy atom. The minimum absolute atomic E-state index is 0.0983. The van der Waals surface area contributed by atoms with Crippen molar-refractivity contribution in [1.29, 1.82) is 0 Å². The van der Waals surface area contributed by atoms with Crippen molar-refractivity contribution < 1.29 is 23.9 Å². The maximum absolute atomic E-state index is 12.6. The van der Waals surface area contributed by atoms with Gasteiger partial charge in [0.2, 0.25) is 11.8 Å². The minimum Gasteiger partial charge on any atom is -0.454 e. The van der Waals surface area contributed by atoms with Gasteiger partial charge in [-0.25, -0.2) is 0 Å². The van der Waals surface area contributed by atoms with Gasteiger partial charge < -0.3 is 10.1 Å². The van der Waals surface area contributed by atoms with Gasteiger partial charge in [0.15, 0.2) is 6.61 Å². The lowest BCUT2D eigenvalue weighted by Gasteiger charge is -2.29. The van der Waals surface area contributed by atoms with Crippen LogP contribution in [0.3, 0.4) is 0 Å². The van der Waals surface area contributed by atoms with E-state index in [0.717, 1.165) is 16.0 Å². The van der Waals surface area contributed by atoms with E-state index < -0.39 is 36.9 Å². The van der Waals surface area contributed by atoms with E-state index in [4.69, 9.17) is 4.74 Å². The number of imide groups is 1. The summed E-state index contributed by atoms with van der Waals surface area (Å²) in [4.78, 5) is 50.5. The Labute approximate surface area is 185 Å². The van der Waals surface area contributed by atoms with Crippen molar-refractivity contribution >= 4 is 61.2 Å². The van der Waals surface area contributed by atoms with Crippen LogP contribution in [0.15, 0.2) is 18.2 Å². The molecule has 2 fully saturated rings. The highest BCUT2D eigenvalue weighted by molar-refractivity contribution is 9.12. The molecule has 0 bridgehead atoms. The summed E-state index contributed by atoms with van der Waals surface area (Å²) in [5.74, 6) is -2.79. The molecule has 1 saturated heterocycles. The molecule has 2 aliphatic rings. The molecule has 1 aromatic carbocycles. The monoisotopic (exact) mass is 528 g/mol. The standard InChI is InChI=1S/C20H22Br2N2O5/c1-10-3-4-11(2)16(5-10)23-17(25)9-29-18(26)8-24-19(27)12-6-14(21)15(22)7-13(12)20(24)28/h3-5,12-15H,6-9H2,1-2H3,(H,23,25)/t12-,13+,14+,15-. The van der Waals surface area contributed by atoms with Crippen molar-refractivity contribution in [2.24, 2.45) is 11.8 Å². The van der Waals surface area contributed by atoms with Gasteiger partial charge in [0.1, 0.15) is 6.54 Å². The Morgan fingerprint density at radius 1 is 1.10 bits per heavy atom. The molecule has 1 saturated carbocycles. The number of hydrogen-bond donors (Lipinski definition) is 1. The number of ether oxygens (including phenoxy) is 1. The second kappa shape index (κ2) is 8.95. The van der Waals surface area contributed by atoms with E-state index in [9.17, 15) is 19.2 Å². The maximum Gasteiger partial charge on any atom is 0.326 e. The highest BCUT2D eigenvalue weighted by Gasteiger charge is 2.52. The second-order valence-corrected chi connectivity index (χ2v) is 9.86. The van der Waals surface area contributed by atoms with Gasteiger partial charge in [-0.1, -0.05) is 44.0 Å². The van der Waals surface area contributed by atoms with Crippen LogP contribution in [0.4, 0.5) is 5.69 Å². The van der Waals surface area contributed by atoms with Gasteiger partial charge in [-0.15, -0.1) is 0 Å². The normalized spacial score (nSPS) is 26.3. The predicted molar refractivity (Wildman–Crippen MR) is 114 cm³/mol. The van der Waals surface area contributed by atoms with Gasteiger partial charge in [-0.05, 0) is 43.9 Å². The fraction of sp³-hybridized carbons (Fsp3) is 0.500. The third kappa shape index (κ3) is 4.88. The van der Waals surface area contributed by atoms with Gasteiger partial charge in [0.05, 0.1) is 11.8 Å². The summed E-state index contributed by atoms with van der Waals surface area (Å²) in [5, 5.41) is 2.69. The molecule has 1 aliphatic heterocycles. The van der Waals surface area contributed by atoms with Crippen LogP contribution in [0, 0.1) is 25.7 Å². The molecule has 0 spiro atoms. The molecule has 156 valence electrons. The van der Waals surface area contributed by atoms with E-state index in [0.29, 0.717) is 18.5 Å². The van der Waals surface area contributed by atoms with E-state index in [-0.39, 0.29) is 21.5 Å². The third-order valence-corrected chi connectivity index (χ3v) is 8.05. The van der Waals surface area contributed by atoms with Gasteiger partial charge in [-0.2, -0.15) is 0 Å². The number of likely N-dealkylation sites (tertiary alicyclic amines) is 1. The molecule has 3 rings (SSSR count). The lowest BCUT2D eigenvalue weighted by atomic mass is 9.81. The molecular formula is C20H22Br2N2O5. The van der Waals surface area contributed by atoms with Crippen LogP contribution < -0.4 is 5.32 Å². The van der Waals surface area contributed by atoms with Crippen LogP contribution in [0.1, 0.15) is 24.0 Å². The van der Waals surface area contributed by atoms with E-state index >= 15 is 0 Å². The molecule has 1 aromatic rings. The van der Waals surface area contributed by atoms with Crippen molar-refractivity contribution in [2.45, 2.75) is 36.3 Å². The fourth-order valence-electron chi connectivity index (χ4n) is 3.70. The first-order valence-electron chi connectivity index (χ1n) is 9.33. The van der Waals surface area contributed by atoms with Crippen LogP contribution in [0.25, 0.3) is 0 Å². The van der Waals surface area contributed by atoms with Crippen LogP contribution in [0.2, 0.25) is 0 Å². The number of fused-ring (bicyclic) bond motifs is 1. The Bertz CT molecular complexity index is 831. The second-order valence-electron chi connectivity index (χ2n) is 7.51. The zero-order valence-corrected chi connectivity index (χ0v) is 19.3. The number of esters is 1. The van der Waals surface area contributed by atoms with Crippen LogP contribution in [-0.4, -0.2) is 51.4 Å². The quantitative estimate of drug-likeness (QED) is 0.359. The molecule has 0 unspecified atom stereocenters. The first-order chi connectivity index (χ1) is 13.7. The number of aryl methyl sites for hydroxylation is 2. The number of nitrogens with zero attached hydrogens (tertiary/aromatic N) is 1. The average Bonchev–Trinajstić information content (AvgIpc) is 2.88. The molecule has 1 heterocycles. The van der Waals surface area contributed by atoms with Gasteiger partial charge in [0.25, 0.3) is 5.91 Å². The molecule has 4 atom stereocenters. The zero-order valence-electron chi connectivity index (χ0n) is 16.1. The largest absolute Gasteiger partial charge is 0.454 e. The lowest BCUT2D eigenvalue weighted by molar-refractivity contribution is -0.154. The summed E-state index contributed by atoms with van der Waals surface area (Å²) in [7, 11) is 0. The number of benzene rings is 1. The van der Waals surface area contributed by atoms with Crippen LogP contribution in [0.5, 0.6) is 0 Å². The summed E-state index contributed by atoms with van der Waals surface area (Å²) in [6.45, 7) is 2.82. The van der Waals surface area contributed by atoms with Crippen LogP contribution >= 0.6 is 31.9 Å². The number of amides is 3. The number of carbonyl (C=O) groups excluding carboxylic acids is 4. The zero-order chi connectivity index (χ0) is 21.3. The van der Waals surface area contributed by atoms with Crippen LogP contribution in [-0.2, 0) is 23.9 Å². The van der Waals surface area contributed by atoms with E-state index in [1.165, 1.54) is 0 Å². The number of alkyl halides is 2. The molecule has 1 N–H and O–H groups in total. The fourth-order valence-corrected chi connectivity index (χ4v) is 4.93. The first kappa shape index (κ1) is 22.0. The molecule has 0 radical (unpaired) electrons. The summed E-state index contributed by atoms with van der Waals surface area (Å²) < 4.78 is 4.98. The van der Waals surface area contributed by atoms with E-state index in [1.54, 1.807) is 0 Å². The van der Waals surface area contributed by atoms with E-state index in [2.05, 4.69) is 37.2 Å². The van der Waals surface area contributed by atoms with Crippen molar-refractivity contribution in [3.63, 3.8) is 0 Å². The van der Waals surface area contributed by atoms with Crippen molar-refractivity contribution in [1.82, 2.24) is 4.90 Å². The Hall–Kier alpha value is -1.74. The smallest absolute Gasteiger partial charge is 0.326 e. The van der Waals surface area contributed by atoms with Gasteiger partial charge in [0, 0.05) is 15.3 Å². The molecule has 3 amide bonds. The number of hydrogen-bond acceptors (Lipinski definition) is 5. The van der Waals surface area contributed by atoms with E-state index in [1.807, 2.05) is 32.0 Å². The minimum atomic E-state index is -0.785. The van der Waals surface area contributed by atoms with Crippen molar-refractivity contribution in [3.8, 4) is 0 Å². The summed E-state index contributed by atoms with van der Waals surface area (Å²) in [6.07, 6.45) is 1.07.